The van der Waals surface area contributed by atoms with Crippen LogP contribution in [0.5, 0.6) is 0 Å². The smallest absolute Gasteiger partial charge is 0.251 e. The maximum atomic E-state index is 12.5. The maximum Gasteiger partial charge on any atom is 0.251 e. The summed E-state index contributed by atoms with van der Waals surface area (Å²) in [4.78, 5) is 17.0. The van der Waals surface area contributed by atoms with Gasteiger partial charge < -0.3 is 15.0 Å². The number of aryl methyl sites for hydroxylation is 1. The van der Waals surface area contributed by atoms with E-state index in [9.17, 15) is 4.79 Å². The first kappa shape index (κ1) is 17.0. The highest BCUT2D eigenvalue weighted by atomic mass is 16.5. The van der Waals surface area contributed by atoms with Gasteiger partial charge in [-0.1, -0.05) is 0 Å². The first-order chi connectivity index (χ1) is 12.3. The lowest BCUT2D eigenvalue weighted by atomic mass is 10.2. The molecule has 0 saturated carbocycles. The summed E-state index contributed by atoms with van der Waals surface area (Å²) in [5.74, 6) is 0.194. The van der Waals surface area contributed by atoms with Gasteiger partial charge in [-0.3, -0.25) is 14.4 Å². The lowest BCUT2D eigenvalue weighted by Crippen LogP contribution is -2.41. The highest BCUT2D eigenvalue weighted by Crippen LogP contribution is 2.17. The van der Waals surface area contributed by atoms with Crippen LogP contribution in [-0.2, 0) is 29.2 Å². The Morgan fingerprint density at radius 2 is 2.16 bits per heavy atom. The fourth-order valence-electron chi connectivity index (χ4n) is 4.05. The van der Waals surface area contributed by atoms with E-state index < -0.39 is 0 Å². The predicted octanol–water partition coefficient (Wildman–Crippen LogP) is 0.590. The van der Waals surface area contributed by atoms with Gasteiger partial charge in [0.15, 0.2) is 0 Å². The van der Waals surface area contributed by atoms with Crippen molar-refractivity contribution >= 4 is 5.91 Å². The van der Waals surface area contributed by atoms with Crippen LogP contribution in [0, 0.1) is 0 Å². The molecule has 3 aliphatic heterocycles. The number of amides is 1. The summed E-state index contributed by atoms with van der Waals surface area (Å²) in [6, 6.07) is 2.23. The summed E-state index contributed by atoms with van der Waals surface area (Å²) < 4.78 is 7.72. The Bertz CT molecular complexity index is 573. The summed E-state index contributed by atoms with van der Waals surface area (Å²) in [6.07, 6.45) is 3.86. The van der Waals surface area contributed by atoms with E-state index in [1.807, 2.05) is 4.90 Å². The molecule has 138 valence electrons. The molecule has 0 unspecified atom stereocenters. The topological polar surface area (TPSA) is 62.6 Å². The number of hydrogen-bond acceptors (Lipinski definition) is 5. The number of nitrogens with zero attached hydrogens (tertiary/aromatic N) is 4. The molecule has 0 radical (unpaired) electrons. The minimum absolute atomic E-state index is 0.192. The van der Waals surface area contributed by atoms with Crippen molar-refractivity contribution in [2.24, 2.45) is 0 Å². The highest BCUT2D eigenvalue weighted by Gasteiger charge is 2.29. The molecule has 2 fully saturated rings. The summed E-state index contributed by atoms with van der Waals surface area (Å²) in [7, 11) is 0. The van der Waals surface area contributed by atoms with E-state index in [2.05, 4.69) is 21.0 Å². The molecule has 2 saturated heterocycles. The van der Waals surface area contributed by atoms with E-state index in [0.717, 1.165) is 90.3 Å². The molecule has 4 heterocycles. The fourth-order valence-corrected chi connectivity index (χ4v) is 4.05. The van der Waals surface area contributed by atoms with Gasteiger partial charge in [0.05, 0.1) is 11.4 Å². The number of hydrogen-bond donors (Lipinski definition) is 1. The maximum absolute atomic E-state index is 12.5. The zero-order valence-corrected chi connectivity index (χ0v) is 15.0. The van der Waals surface area contributed by atoms with Crippen LogP contribution in [0.1, 0.15) is 37.1 Å². The molecular formula is C18H29N5O2. The Morgan fingerprint density at radius 3 is 3.04 bits per heavy atom. The standard InChI is InChI=1S/C18H29N5O2/c24-18(17-4-1-11-25-17)22-7-3-6-21(9-10-22)14-15-12-16-13-19-5-2-8-23(16)20-15/h12,17,19H,1-11,13-14H2/t17-/m1/s1. The summed E-state index contributed by atoms with van der Waals surface area (Å²) in [5, 5.41) is 8.23. The molecule has 0 aromatic carbocycles. The molecule has 4 rings (SSSR count). The van der Waals surface area contributed by atoms with Gasteiger partial charge in [-0.2, -0.15) is 5.10 Å². The van der Waals surface area contributed by atoms with E-state index >= 15 is 0 Å². The van der Waals surface area contributed by atoms with Gasteiger partial charge >= 0.3 is 0 Å². The molecule has 7 heteroatoms. The lowest BCUT2D eigenvalue weighted by Gasteiger charge is -2.24. The monoisotopic (exact) mass is 347 g/mol. The fraction of sp³-hybridized carbons (Fsp3) is 0.778. The molecule has 1 amide bonds. The van der Waals surface area contributed by atoms with E-state index in [-0.39, 0.29) is 12.0 Å². The SMILES string of the molecule is O=C([C@H]1CCCO1)N1CCCN(Cc2cc3n(n2)CCCNC3)CC1. The number of carbonyl (C=O) groups is 1. The quantitative estimate of drug-likeness (QED) is 0.867. The van der Waals surface area contributed by atoms with Gasteiger partial charge in [0.25, 0.3) is 5.91 Å². The second kappa shape index (κ2) is 7.85. The molecule has 0 spiro atoms. The number of rotatable bonds is 3. The molecule has 0 aliphatic carbocycles. The van der Waals surface area contributed by atoms with Gasteiger partial charge in [-0.25, -0.2) is 0 Å². The van der Waals surface area contributed by atoms with Crippen molar-refractivity contribution in [2.45, 2.75) is 51.4 Å². The van der Waals surface area contributed by atoms with Crippen LogP contribution in [0.25, 0.3) is 0 Å². The molecule has 25 heavy (non-hydrogen) atoms. The van der Waals surface area contributed by atoms with Crippen molar-refractivity contribution in [2.75, 3.05) is 39.3 Å². The van der Waals surface area contributed by atoms with E-state index in [1.54, 1.807) is 0 Å². The van der Waals surface area contributed by atoms with Crippen LogP contribution in [-0.4, -0.2) is 70.9 Å². The van der Waals surface area contributed by atoms with Crippen molar-refractivity contribution in [3.8, 4) is 0 Å². The van der Waals surface area contributed by atoms with Crippen LogP contribution in [0.4, 0.5) is 0 Å². The summed E-state index contributed by atoms with van der Waals surface area (Å²) in [5.41, 5.74) is 2.44. The Hall–Kier alpha value is -1.44. The third kappa shape index (κ3) is 4.04. The summed E-state index contributed by atoms with van der Waals surface area (Å²) >= 11 is 0. The third-order valence-electron chi connectivity index (χ3n) is 5.43. The number of aromatic nitrogens is 2. The number of carbonyl (C=O) groups excluding carboxylic acids is 1. The molecule has 1 N–H and O–H groups in total. The molecule has 3 aliphatic rings. The van der Waals surface area contributed by atoms with Gasteiger partial charge in [0, 0.05) is 52.4 Å². The van der Waals surface area contributed by atoms with E-state index in [0.29, 0.717) is 0 Å². The predicted molar refractivity (Wildman–Crippen MR) is 94.0 cm³/mol. The second-order valence-corrected chi connectivity index (χ2v) is 7.34. The minimum atomic E-state index is -0.192. The van der Waals surface area contributed by atoms with Crippen molar-refractivity contribution in [3.05, 3.63) is 17.5 Å². The summed E-state index contributed by atoms with van der Waals surface area (Å²) in [6.45, 7) is 8.18. The molecule has 1 aromatic rings. The van der Waals surface area contributed by atoms with Gasteiger partial charge in [0.2, 0.25) is 0 Å². The van der Waals surface area contributed by atoms with Gasteiger partial charge in [-0.15, -0.1) is 0 Å². The first-order valence-electron chi connectivity index (χ1n) is 9.69. The molecular weight excluding hydrogens is 318 g/mol. The normalized spacial score (nSPS) is 25.4. The number of fused-ring (bicyclic) bond motifs is 1. The van der Waals surface area contributed by atoms with Crippen molar-refractivity contribution in [3.63, 3.8) is 0 Å². The van der Waals surface area contributed by atoms with Gasteiger partial charge in [-0.05, 0) is 38.3 Å². The number of nitrogens with one attached hydrogen (secondary N) is 1. The Balaban J connectivity index is 1.33. The van der Waals surface area contributed by atoms with E-state index in [4.69, 9.17) is 9.84 Å². The van der Waals surface area contributed by atoms with Crippen LogP contribution in [0.15, 0.2) is 6.07 Å². The Morgan fingerprint density at radius 1 is 1.20 bits per heavy atom. The molecule has 7 nitrogen and oxygen atoms in total. The Labute approximate surface area is 149 Å². The highest BCUT2D eigenvalue weighted by molar-refractivity contribution is 5.81. The van der Waals surface area contributed by atoms with Crippen molar-refractivity contribution in [1.29, 1.82) is 0 Å². The largest absolute Gasteiger partial charge is 0.368 e. The average molecular weight is 347 g/mol. The van der Waals surface area contributed by atoms with Crippen LogP contribution in [0.2, 0.25) is 0 Å². The van der Waals surface area contributed by atoms with Crippen LogP contribution < -0.4 is 5.32 Å². The zero-order valence-electron chi connectivity index (χ0n) is 15.0. The lowest BCUT2D eigenvalue weighted by molar-refractivity contribution is -0.140. The van der Waals surface area contributed by atoms with Gasteiger partial charge in [0.1, 0.15) is 6.10 Å². The zero-order chi connectivity index (χ0) is 17.1. The van der Waals surface area contributed by atoms with Crippen molar-refractivity contribution < 1.29 is 9.53 Å². The minimum Gasteiger partial charge on any atom is -0.368 e. The molecule has 0 bridgehead atoms. The van der Waals surface area contributed by atoms with E-state index in [1.165, 1.54) is 5.69 Å². The van der Waals surface area contributed by atoms with Crippen molar-refractivity contribution in [1.82, 2.24) is 24.9 Å². The average Bonchev–Trinajstić information content (AvgIpc) is 3.15. The second-order valence-electron chi connectivity index (χ2n) is 7.34. The molecule has 1 aromatic heterocycles. The van der Waals surface area contributed by atoms with Crippen LogP contribution >= 0.6 is 0 Å². The molecule has 1 atom stereocenters. The first-order valence-corrected chi connectivity index (χ1v) is 9.69. The Kier molecular flexibility index (Phi) is 5.33. The van der Waals surface area contributed by atoms with Crippen LogP contribution in [0.3, 0.4) is 0 Å². The third-order valence-corrected chi connectivity index (χ3v) is 5.43. The number of ether oxygens (including phenoxy) is 1.